The molecule has 0 spiro atoms. The van der Waals surface area contributed by atoms with Crippen molar-refractivity contribution >= 4 is 35.0 Å². The maximum absolute atomic E-state index is 12.3. The highest BCUT2D eigenvalue weighted by molar-refractivity contribution is 8.01. The molecule has 2 aromatic rings. The molecular weight excluding hydrogens is 320 g/mol. The second-order valence-electron chi connectivity index (χ2n) is 6.18. The van der Waals surface area contributed by atoms with Gasteiger partial charge in [0.1, 0.15) is 0 Å². The van der Waals surface area contributed by atoms with E-state index in [2.05, 4.69) is 22.8 Å². The molecule has 4 rings (SSSR count). The van der Waals surface area contributed by atoms with E-state index < -0.39 is 5.25 Å². The molecule has 2 amide bonds. The number of benzene rings is 2. The van der Waals surface area contributed by atoms with Gasteiger partial charge in [-0.05, 0) is 54.7 Å². The smallest absolute Gasteiger partial charge is 0.238 e. The second kappa shape index (κ2) is 6.32. The van der Waals surface area contributed by atoms with Crippen molar-refractivity contribution in [2.75, 3.05) is 10.6 Å². The van der Waals surface area contributed by atoms with Crippen LogP contribution in [0.5, 0.6) is 0 Å². The highest BCUT2D eigenvalue weighted by Gasteiger charge is 2.28. The average Bonchev–Trinajstić information content (AvgIpc) is 3.03. The van der Waals surface area contributed by atoms with E-state index in [1.54, 1.807) is 0 Å². The second-order valence-corrected chi connectivity index (χ2v) is 7.43. The number of rotatable bonds is 3. The maximum atomic E-state index is 12.3. The summed E-state index contributed by atoms with van der Waals surface area (Å²) in [6.07, 6.45) is 3.56. The fourth-order valence-electron chi connectivity index (χ4n) is 3.26. The minimum Gasteiger partial charge on any atom is -0.326 e. The van der Waals surface area contributed by atoms with Crippen LogP contribution in [0.15, 0.2) is 47.4 Å². The fourth-order valence-corrected chi connectivity index (χ4v) is 4.37. The van der Waals surface area contributed by atoms with Crippen molar-refractivity contribution in [3.63, 3.8) is 0 Å². The Morgan fingerprint density at radius 3 is 2.92 bits per heavy atom. The molecule has 2 aromatic carbocycles. The lowest BCUT2D eigenvalue weighted by Crippen LogP contribution is -2.32. The lowest BCUT2D eigenvalue weighted by molar-refractivity contribution is -0.120. The Kier molecular flexibility index (Phi) is 4.02. The van der Waals surface area contributed by atoms with Crippen LogP contribution in [0.1, 0.15) is 24.0 Å². The van der Waals surface area contributed by atoms with Crippen LogP contribution in [0, 0.1) is 0 Å². The first-order valence-electron chi connectivity index (χ1n) is 8.17. The number of carbonyl (C=O) groups is 2. The number of anilines is 2. The highest BCUT2D eigenvalue weighted by Crippen LogP contribution is 2.36. The first kappa shape index (κ1) is 15.3. The zero-order valence-electron chi connectivity index (χ0n) is 13.2. The van der Waals surface area contributed by atoms with Gasteiger partial charge in [0.05, 0.1) is 10.9 Å². The first-order chi connectivity index (χ1) is 11.7. The molecule has 122 valence electrons. The summed E-state index contributed by atoms with van der Waals surface area (Å²) in [5.74, 6) is -0.234. The predicted octanol–water partition coefficient (Wildman–Crippen LogP) is 3.62. The quantitative estimate of drug-likeness (QED) is 0.899. The molecule has 2 aliphatic rings. The Morgan fingerprint density at radius 2 is 2.00 bits per heavy atom. The average molecular weight is 338 g/mol. The summed E-state index contributed by atoms with van der Waals surface area (Å²) in [6.45, 7) is 0. The zero-order chi connectivity index (χ0) is 16.5. The predicted molar refractivity (Wildman–Crippen MR) is 96.4 cm³/mol. The zero-order valence-corrected chi connectivity index (χ0v) is 14.0. The molecule has 0 saturated carbocycles. The van der Waals surface area contributed by atoms with Gasteiger partial charge in [0.2, 0.25) is 11.8 Å². The molecule has 0 saturated heterocycles. The number of hydrogen-bond donors (Lipinski definition) is 2. The topological polar surface area (TPSA) is 58.2 Å². The van der Waals surface area contributed by atoms with E-state index >= 15 is 0 Å². The SMILES string of the molecule is O=C(C[C@@H]1Sc2ccccc2NC1=O)Nc1ccc2c(c1)CCC2. The van der Waals surface area contributed by atoms with Crippen molar-refractivity contribution in [2.45, 2.75) is 35.8 Å². The van der Waals surface area contributed by atoms with Crippen LogP contribution < -0.4 is 10.6 Å². The lowest BCUT2D eigenvalue weighted by Gasteiger charge is -2.23. The number of amides is 2. The summed E-state index contributed by atoms with van der Waals surface area (Å²) in [4.78, 5) is 25.5. The summed E-state index contributed by atoms with van der Waals surface area (Å²) in [5.41, 5.74) is 4.35. The number of aryl methyl sites for hydroxylation is 2. The summed E-state index contributed by atoms with van der Waals surface area (Å²) < 4.78 is 0. The summed E-state index contributed by atoms with van der Waals surface area (Å²) in [7, 11) is 0. The lowest BCUT2D eigenvalue weighted by atomic mass is 10.1. The third-order valence-corrected chi connectivity index (χ3v) is 5.73. The van der Waals surface area contributed by atoms with Gasteiger partial charge in [-0.2, -0.15) is 0 Å². The molecule has 1 heterocycles. The molecule has 0 bridgehead atoms. The Morgan fingerprint density at radius 1 is 1.17 bits per heavy atom. The monoisotopic (exact) mass is 338 g/mol. The standard InChI is InChI=1S/C19H18N2O2S/c22-18(20-14-9-8-12-4-3-5-13(12)10-14)11-17-19(23)21-15-6-1-2-7-16(15)24-17/h1-2,6-10,17H,3-5,11H2,(H,20,22)(H,21,23)/t17-/m0/s1. The van der Waals surface area contributed by atoms with Gasteiger partial charge in [0.25, 0.3) is 0 Å². The number of carbonyl (C=O) groups excluding carboxylic acids is 2. The van der Waals surface area contributed by atoms with Gasteiger partial charge in [-0.25, -0.2) is 0 Å². The van der Waals surface area contributed by atoms with Gasteiger partial charge < -0.3 is 10.6 Å². The molecule has 2 N–H and O–H groups in total. The van der Waals surface area contributed by atoms with Crippen molar-refractivity contribution in [3.8, 4) is 0 Å². The minimum absolute atomic E-state index is 0.109. The highest BCUT2D eigenvalue weighted by atomic mass is 32.2. The Balaban J connectivity index is 1.42. The van der Waals surface area contributed by atoms with Gasteiger partial charge in [-0.1, -0.05) is 18.2 Å². The molecule has 1 aliphatic carbocycles. The van der Waals surface area contributed by atoms with E-state index in [0.717, 1.165) is 29.1 Å². The van der Waals surface area contributed by atoms with Crippen LogP contribution in [0.4, 0.5) is 11.4 Å². The molecule has 24 heavy (non-hydrogen) atoms. The van der Waals surface area contributed by atoms with Crippen LogP contribution in [-0.4, -0.2) is 17.1 Å². The molecular formula is C19H18N2O2S. The van der Waals surface area contributed by atoms with Crippen LogP contribution in [0.3, 0.4) is 0 Å². The number of para-hydroxylation sites is 1. The Hall–Kier alpha value is -2.27. The molecule has 0 radical (unpaired) electrons. The van der Waals surface area contributed by atoms with Crippen molar-refractivity contribution in [2.24, 2.45) is 0 Å². The van der Waals surface area contributed by atoms with E-state index in [9.17, 15) is 9.59 Å². The summed E-state index contributed by atoms with van der Waals surface area (Å²) in [6, 6.07) is 13.8. The van der Waals surface area contributed by atoms with Crippen LogP contribution >= 0.6 is 11.8 Å². The fraction of sp³-hybridized carbons (Fsp3) is 0.263. The van der Waals surface area contributed by atoms with Crippen molar-refractivity contribution in [3.05, 3.63) is 53.6 Å². The van der Waals surface area contributed by atoms with E-state index in [0.29, 0.717) is 0 Å². The molecule has 1 aliphatic heterocycles. The summed E-state index contributed by atoms with van der Waals surface area (Å²) in [5, 5.41) is 5.41. The van der Waals surface area contributed by atoms with Crippen LogP contribution in [0.2, 0.25) is 0 Å². The number of hydrogen-bond acceptors (Lipinski definition) is 3. The number of nitrogens with one attached hydrogen (secondary N) is 2. The molecule has 1 atom stereocenters. The third kappa shape index (κ3) is 3.04. The van der Waals surface area contributed by atoms with Gasteiger partial charge in [0.15, 0.2) is 0 Å². The minimum atomic E-state index is -0.394. The number of thioether (sulfide) groups is 1. The molecule has 0 fully saturated rings. The van der Waals surface area contributed by atoms with Crippen LogP contribution in [0.25, 0.3) is 0 Å². The summed E-state index contributed by atoms with van der Waals surface area (Å²) >= 11 is 1.45. The Labute approximate surface area is 145 Å². The van der Waals surface area contributed by atoms with E-state index in [1.807, 2.05) is 30.3 Å². The van der Waals surface area contributed by atoms with Gasteiger partial charge in [-0.15, -0.1) is 11.8 Å². The largest absolute Gasteiger partial charge is 0.326 e. The molecule has 4 nitrogen and oxygen atoms in total. The van der Waals surface area contributed by atoms with Gasteiger partial charge in [-0.3, -0.25) is 9.59 Å². The van der Waals surface area contributed by atoms with Crippen LogP contribution in [-0.2, 0) is 22.4 Å². The van der Waals surface area contributed by atoms with Gasteiger partial charge >= 0.3 is 0 Å². The van der Waals surface area contributed by atoms with Crippen molar-refractivity contribution < 1.29 is 9.59 Å². The number of fused-ring (bicyclic) bond motifs is 2. The Bertz CT molecular complexity index is 819. The van der Waals surface area contributed by atoms with Crippen molar-refractivity contribution in [1.29, 1.82) is 0 Å². The molecule has 0 unspecified atom stereocenters. The first-order valence-corrected chi connectivity index (χ1v) is 9.05. The molecule has 0 aromatic heterocycles. The van der Waals surface area contributed by atoms with Crippen molar-refractivity contribution in [1.82, 2.24) is 0 Å². The maximum Gasteiger partial charge on any atom is 0.238 e. The normalized spacial score (nSPS) is 18.5. The van der Waals surface area contributed by atoms with E-state index in [4.69, 9.17) is 0 Å². The molecule has 5 heteroatoms. The van der Waals surface area contributed by atoms with E-state index in [1.165, 1.54) is 29.3 Å². The van der Waals surface area contributed by atoms with E-state index in [-0.39, 0.29) is 18.2 Å². The van der Waals surface area contributed by atoms with Gasteiger partial charge in [0, 0.05) is 17.0 Å². The third-order valence-electron chi connectivity index (χ3n) is 4.46.